The van der Waals surface area contributed by atoms with Crippen molar-refractivity contribution < 1.29 is 0 Å². The molecule has 1 heteroatoms. The second kappa shape index (κ2) is 4.99. The lowest BCUT2D eigenvalue weighted by Crippen LogP contribution is -2.24. The van der Waals surface area contributed by atoms with Crippen LogP contribution in [0.15, 0.2) is 0 Å². The normalized spacial score (nSPS) is 31.8. The molecule has 0 aromatic rings. The molecule has 2 rings (SSSR count). The Kier molecular flexibility index (Phi) is 3.65. The molecule has 1 atom stereocenters. The quantitative estimate of drug-likeness (QED) is 0.645. The molecule has 0 radical (unpaired) electrons. The SMILES string of the molecule is C1CCCC(CC2CCCN2)CC1. The first-order chi connectivity index (χ1) is 6.45. The van der Waals surface area contributed by atoms with E-state index in [1.807, 2.05) is 0 Å². The van der Waals surface area contributed by atoms with Gasteiger partial charge in [-0.1, -0.05) is 38.5 Å². The van der Waals surface area contributed by atoms with Gasteiger partial charge in [0, 0.05) is 6.04 Å². The van der Waals surface area contributed by atoms with Crippen molar-refractivity contribution >= 4 is 0 Å². The molecule has 0 aromatic heterocycles. The fourth-order valence-corrected chi connectivity index (χ4v) is 2.96. The summed E-state index contributed by atoms with van der Waals surface area (Å²) in [7, 11) is 0. The zero-order chi connectivity index (χ0) is 8.93. The minimum atomic E-state index is 0.878. The van der Waals surface area contributed by atoms with Crippen LogP contribution in [0.3, 0.4) is 0 Å². The van der Waals surface area contributed by atoms with Crippen LogP contribution in [-0.2, 0) is 0 Å². The van der Waals surface area contributed by atoms with E-state index in [9.17, 15) is 0 Å². The summed E-state index contributed by atoms with van der Waals surface area (Å²) in [5.74, 6) is 1.05. The van der Waals surface area contributed by atoms with Gasteiger partial charge in [0.2, 0.25) is 0 Å². The zero-order valence-corrected chi connectivity index (χ0v) is 8.73. The maximum Gasteiger partial charge on any atom is 0.00701 e. The van der Waals surface area contributed by atoms with E-state index in [4.69, 9.17) is 0 Å². The molecule has 0 spiro atoms. The van der Waals surface area contributed by atoms with Crippen molar-refractivity contribution in [2.75, 3.05) is 6.54 Å². The molecule has 1 saturated heterocycles. The molecule has 0 amide bonds. The van der Waals surface area contributed by atoms with E-state index in [0.717, 1.165) is 12.0 Å². The lowest BCUT2D eigenvalue weighted by Gasteiger charge is -2.18. The number of nitrogens with one attached hydrogen (secondary N) is 1. The lowest BCUT2D eigenvalue weighted by molar-refractivity contribution is 0.372. The highest BCUT2D eigenvalue weighted by Crippen LogP contribution is 2.28. The average molecular weight is 181 g/mol. The van der Waals surface area contributed by atoms with Gasteiger partial charge < -0.3 is 5.32 Å². The number of hydrogen-bond acceptors (Lipinski definition) is 1. The van der Waals surface area contributed by atoms with Crippen molar-refractivity contribution in [1.29, 1.82) is 0 Å². The summed E-state index contributed by atoms with van der Waals surface area (Å²) < 4.78 is 0. The summed E-state index contributed by atoms with van der Waals surface area (Å²) in [4.78, 5) is 0. The topological polar surface area (TPSA) is 12.0 Å². The number of hydrogen-bond donors (Lipinski definition) is 1. The maximum atomic E-state index is 3.62. The Hall–Kier alpha value is -0.0400. The van der Waals surface area contributed by atoms with Crippen LogP contribution in [0.4, 0.5) is 0 Å². The predicted octanol–water partition coefficient (Wildman–Crippen LogP) is 3.10. The number of rotatable bonds is 2. The van der Waals surface area contributed by atoms with Crippen LogP contribution >= 0.6 is 0 Å². The van der Waals surface area contributed by atoms with Crippen molar-refractivity contribution in [3.63, 3.8) is 0 Å². The first kappa shape index (κ1) is 9.51. The maximum absolute atomic E-state index is 3.62. The standard InChI is InChI=1S/C12H23N/c1-2-4-7-11(6-3-1)10-12-8-5-9-13-12/h11-13H,1-10H2. The second-order valence-corrected chi connectivity index (χ2v) is 4.89. The Morgan fingerprint density at radius 2 is 1.62 bits per heavy atom. The van der Waals surface area contributed by atoms with Gasteiger partial charge in [-0.15, -0.1) is 0 Å². The van der Waals surface area contributed by atoms with E-state index in [1.54, 1.807) is 0 Å². The van der Waals surface area contributed by atoms with Crippen molar-refractivity contribution in [3.05, 3.63) is 0 Å². The zero-order valence-electron chi connectivity index (χ0n) is 8.73. The highest BCUT2D eigenvalue weighted by Gasteiger charge is 2.20. The minimum absolute atomic E-state index is 0.878. The first-order valence-electron chi connectivity index (χ1n) is 6.18. The molecule has 13 heavy (non-hydrogen) atoms. The highest BCUT2D eigenvalue weighted by molar-refractivity contribution is 4.78. The third-order valence-electron chi connectivity index (χ3n) is 3.75. The lowest BCUT2D eigenvalue weighted by atomic mass is 9.92. The van der Waals surface area contributed by atoms with Crippen LogP contribution in [-0.4, -0.2) is 12.6 Å². The Bertz CT molecular complexity index is 130. The van der Waals surface area contributed by atoms with E-state index in [1.165, 1.54) is 64.3 Å². The molecule has 2 fully saturated rings. The van der Waals surface area contributed by atoms with E-state index in [0.29, 0.717) is 0 Å². The summed E-state index contributed by atoms with van der Waals surface area (Å²) in [6, 6.07) is 0.878. The largest absolute Gasteiger partial charge is 0.314 e. The van der Waals surface area contributed by atoms with Crippen molar-refractivity contribution in [3.8, 4) is 0 Å². The minimum Gasteiger partial charge on any atom is -0.314 e. The molecule has 0 aromatic carbocycles. The third kappa shape index (κ3) is 2.98. The monoisotopic (exact) mass is 181 g/mol. The van der Waals surface area contributed by atoms with Gasteiger partial charge in [-0.2, -0.15) is 0 Å². The van der Waals surface area contributed by atoms with Gasteiger partial charge in [0.1, 0.15) is 0 Å². The summed E-state index contributed by atoms with van der Waals surface area (Å²) >= 11 is 0. The smallest absolute Gasteiger partial charge is 0.00701 e. The Morgan fingerprint density at radius 1 is 0.846 bits per heavy atom. The van der Waals surface area contributed by atoms with Gasteiger partial charge in [-0.25, -0.2) is 0 Å². The Balaban J connectivity index is 1.71. The predicted molar refractivity (Wildman–Crippen MR) is 56.8 cm³/mol. The van der Waals surface area contributed by atoms with Gasteiger partial charge in [-0.3, -0.25) is 0 Å². The molecule has 1 N–H and O–H groups in total. The average Bonchev–Trinajstić information content (AvgIpc) is 2.49. The molecule has 0 bridgehead atoms. The van der Waals surface area contributed by atoms with Gasteiger partial charge >= 0.3 is 0 Å². The molecule has 1 unspecified atom stereocenters. The van der Waals surface area contributed by atoms with Crippen LogP contribution < -0.4 is 5.32 Å². The van der Waals surface area contributed by atoms with Crippen molar-refractivity contribution in [2.24, 2.45) is 5.92 Å². The Labute approximate surface area is 82.3 Å². The van der Waals surface area contributed by atoms with E-state index < -0.39 is 0 Å². The highest BCUT2D eigenvalue weighted by atomic mass is 14.9. The van der Waals surface area contributed by atoms with Gasteiger partial charge in [0.05, 0.1) is 0 Å². The summed E-state index contributed by atoms with van der Waals surface area (Å²) in [6.45, 7) is 1.28. The fraction of sp³-hybridized carbons (Fsp3) is 1.00. The molecule has 2 aliphatic rings. The van der Waals surface area contributed by atoms with Gasteiger partial charge in [0.25, 0.3) is 0 Å². The Morgan fingerprint density at radius 3 is 2.23 bits per heavy atom. The van der Waals surface area contributed by atoms with Crippen molar-refractivity contribution in [1.82, 2.24) is 5.32 Å². The van der Waals surface area contributed by atoms with Crippen LogP contribution in [0, 0.1) is 5.92 Å². The molecular weight excluding hydrogens is 158 g/mol. The molecule has 1 nitrogen and oxygen atoms in total. The van der Waals surface area contributed by atoms with E-state index in [2.05, 4.69) is 5.32 Å². The molecule has 1 aliphatic heterocycles. The van der Waals surface area contributed by atoms with Crippen LogP contribution in [0.2, 0.25) is 0 Å². The fourth-order valence-electron chi connectivity index (χ4n) is 2.96. The van der Waals surface area contributed by atoms with Crippen molar-refractivity contribution in [2.45, 2.75) is 63.8 Å². The second-order valence-electron chi connectivity index (χ2n) is 4.89. The van der Waals surface area contributed by atoms with Gasteiger partial charge in [0.15, 0.2) is 0 Å². The molecular formula is C12H23N. The van der Waals surface area contributed by atoms with E-state index in [-0.39, 0.29) is 0 Å². The summed E-state index contributed by atoms with van der Waals surface area (Å²) in [5.41, 5.74) is 0. The molecule has 1 aliphatic carbocycles. The molecule has 1 heterocycles. The van der Waals surface area contributed by atoms with Crippen LogP contribution in [0.5, 0.6) is 0 Å². The molecule has 1 saturated carbocycles. The van der Waals surface area contributed by atoms with Gasteiger partial charge in [-0.05, 0) is 31.7 Å². The van der Waals surface area contributed by atoms with E-state index >= 15 is 0 Å². The van der Waals surface area contributed by atoms with Crippen LogP contribution in [0.1, 0.15) is 57.8 Å². The summed E-state index contributed by atoms with van der Waals surface area (Å²) in [5, 5.41) is 3.62. The molecule has 76 valence electrons. The summed E-state index contributed by atoms with van der Waals surface area (Å²) in [6.07, 6.45) is 13.3. The first-order valence-corrected chi connectivity index (χ1v) is 6.18. The third-order valence-corrected chi connectivity index (χ3v) is 3.75. The van der Waals surface area contributed by atoms with Crippen LogP contribution in [0.25, 0.3) is 0 Å².